The molecule has 0 amide bonds. The zero-order chi connectivity index (χ0) is 13.2. The third kappa shape index (κ3) is 2.93. The largest absolute Gasteiger partial charge is 0.372 e. The predicted molar refractivity (Wildman–Crippen MR) is 72.3 cm³/mol. The van der Waals surface area contributed by atoms with Gasteiger partial charge in [-0.15, -0.1) is 0 Å². The molecule has 0 saturated carbocycles. The summed E-state index contributed by atoms with van der Waals surface area (Å²) in [5, 5.41) is 3.60. The molecule has 0 bridgehead atoms. The summed E-state index contributed by atoms with van der Waals surface area (Å²) in [7, 11) is 0. The molecule has 1 N–H and O–H groups in total. The zero-order valence-corrected chi connectivity index (χ0v) is 11.4. The molecule has 104 valence electrons. The molecule has 0 aromatic heterocycles. The molecule has 2 nitrogen and oxygen atoms in total. The maximum atomic E-state index is 13.3. The number of hydrogen-bond donors (Lipinski definition) is 1. The second-order valence-electron chi connectivity index (χ2n) is 5.09. The molecular weight excluding hydrogens is 268 g/mol. The fourth-order valence-electron chi connectivity index (χ4n) is 2.75. The third-order valence-corrected chi connectivity index (χ3v) is 4.91. The van der Waals surface area contributed by atoms with Crippen molar-refractivity contribution < 1.29 is 13.5 Å². The van der Waals surface area contributed by atoms with Crippen LogP contribution < -0.4 is 5.32 Å². The molecule has 0 spiro atoms. The number of rotatable bonds is 3. The molecule has 0 aliphatic carbocycles. The summed E-state index contributed by atoms with van der Waals surface area (Å²) in [6, 6.07) is 4.77. The van der Waals surface area contributed by atoms with Crippen LogP contribution >= 0.6 is 11.8 Å². The van der Waals surface area contributed by atoms with E-state index in [0.717, 1.165) is 17.7 Å². The minimum absolute atomic E-state index is 0.166. The van der Waals surface area contributed by atoms with Crippen molar-refractivity contribution in [1.82, 2.24) is 5.32 Å². The third-order valence-electron chi connectivity index (χ3n) is 3.74. The van der Waals surface area contributed by atoms with Gasteiger partial charge in [-0.2, -0.15) is 11.8 Å². The topological polar surface area (TPSA) is 21.3 Å². The lowest BCUT2D eigenvalue weighted by molar-refractivity contribution is 0.0966. The summed E-state index contributed by atoms with van der Waals surface area (Å²) >= 11 is 1.95. The van der Waals surface area contributed by atoms with Gasteiger partial charge >= 0.3 is 0 Å². The summed E-state index contributed by atoms with van der Waals surface area (Å²) in [4.78, 5) is 0. The fraction of sp³-hybridized carbons (Fsp3) is 0.571. The molecule has 3 atom stereocenters. The first-order valence-corrected chi connectivity index (χ1v) is 7.80. The SMILES string of the molecule is Fc1ccc([C@@H]2OCC[C@@H]2N[C@@H]2CCSC2)cc1F. The van der Waals surface area contributed by atoms with Crippen LogP contribution in [-0.4, -0.2) is 30.2 Å². The van der Waals surface area contributed by atoms with E-state index >= 15 is 0 Å². The minimum atomic E-state index is -0.807. The van der Waals surface area contributed by atoms with Crippen molar-refractivity contribution in [1.29, 1.82) is 0 Å². The maximum absolute atomic E-state index is 13.3. The first kappa shape index (κ1) is 13.3. The van der Waals surface area contributed by atoms with Crippen LogP contribution in [0.25, 0.3) is 0 Å². The van der Waals surface area contributed by atoms with Gasteiger partial charge in [-0.3, -0.25) is 0 Å². The van der Waals surface area contributed by atoms with Crippen LogP contribution in [0, 0.1) is 11.6 Å². The molecular formula is C14H17F2NOS. The van der Waals surface area contributed by atoms with Gasteiger partial charge in [-0.25, -0.2) is 8.78 Å². The Morgan fingerprint density at radius 3 is 2.84 bits per heavy atom. The molecule has 19 heavy (non-hydrogen) atoms. The molecule has 1 aromatic rings. The van der Waals surface area contributed by atoms with Crippen molar-refractivity contribution in [2.75, 3.05) is 18.1 Å². The first-order valence-electron chi connectivity index (χ1n) is 6.64. The highest BCUT2D eigenvalue weighted by molar-refractivity contribution is 7.99. The predicted octanol–water partition coefficient (Wildman–Crippen LogP) is 2.89. The number of thioether (sulfide) groups is 1. The van der Waals surface area contributed by atoms with Crippen LogP contribution in [0.1, 0.15) is 24.5 Å². The highest BCUT2D eigenvalue weighted by Gasteiger charge is 2.32. The van der Waals surface area contributed by atoms with E-state index in [9.17, 15) is 8.78 Å². The van der Waals surface area contributed by atoms with Crippen LogP contribution in [0.4, 0.5) is 8.78 Å². The average molecular weight is 285 g/mol. The van der Waals surface area contributed by atoms with Crippen molar-refractivity contribution in [2.24, 2.45) is 0 Å². The van der Waals surface area contributed by atoms with E-state index in [0.29, 0.717) is 12.6 Å². The molecule has 0 unspecified atom stereocenters. The van der Waals surface area contributed by atoms with Crippen molar-refractivity contribution in [3.05, 3.63) is 35.4 Å². The van der Waals surface area contributed by atoms with E-state index in [1.165, 1.54) is 24.3 Å². The van der Waals surface area contributed by atoms with Gasteiger partial charge in [-0.1, -0.05) is 6.07 Å². The van der Waals surface area contributed by atoms with Crippen LogP contribution in [0.15, 0.2) is 18.2 Å². The Kier molecular flexibility index (Phi) is 4.05. The Bertz CT molecular complexity index is 451. The Labute approximate surface area is 115 Å². The molecule has 1 aromatic carbocycles. The molecule has 2 saturated heterocycles. The number of benzene rings is 1. The van der Waals surface area contributed by atoms with Gasteiger partial charge in [0.1, 0.15) is 0 Å². The summed E-state index contributed by atoms with van der Waals surface area (Å²) in [6.45, 7) is 0.668. The van der Waals surface area contributed by atoms with E-state index in [-0.39, 0.29) is 12.1 Å². The highest BCUT2D eigenvalue weighted by Crippen LogP contribution is 2.31. The average Bonchev–Trinajstić information content (AvgIpc) is 3.05. The van der Waals surface area contributed by atoms with E-state index in [1.807, 2.05) is 11.8 Å². The van der Waals surface area contributed by atoms with Crippen molar-refractivity contribution >= 4 is 11.8 Å². The van der Waals surface area contributed by atoms with E-state index in [4.69, 9.17) is 4.74 Å². The van der Waals surface area contributed by atoms with Gasteiger partial charge in [0.25, 0.3) is 0 Å². The smallest absolute Gasteiger partial charge is 0.159 e. The Morgan fingerprint density at radius 2 is 2.11 bits per heavy atom. The molecule has 2 fully saturated rings. The molecule has 0 radical (unpaired) electrons. The Balaban J connectivity index is 1.72. The van der Waals surface area contributed by atoms with E-state index in [1.54, 1.807) is 6.07 Å². The van der Waals surface area contributed by atoms with Gasteiger partial charge in [0.15, 0.2) is 11.6 Å². The van der Waals surface area contributed by atoms with Gasteiger partial charge in [0.2, 0.25) is 0 Å². The molecule has 3 rings (SSSR count). The maximum Gasteiger partial charge on any atom is 0.159 e. The molecule has 5 heteroatoms. The lowest BCUT2D eigenvalue weighted by atomic mass is 10.0. The lowest BCUT2D eigenvalue weighted by Crippen LogP contribution is -2.40. The zero-order valence-electron chi connectivity index (χ0n) is 10.6. The summed E-state index contributed by atoms with van der Waals surface area (Å²) < 4.78 is 32.0. The van der Waals surface area contributed by atoms with Crippen molar-refractivity contribution in [3.8, 4) is 0 Å². The normalized spacial score (nSPS) is 30.9. The first-order chi connectivity index (χ1) is 9.24. The quantitative estimate of drug-likeness (QED) is 0.922. The number of ether oxygens (including phenoxy) is 1. The van der Waals surface area contributed by atoms with Crippen LogP contribution in [0.5, 0.6) is 0 Å². The minimum Gasteiger partial charge on any atom is -0.372 e. The second kappa shape index (κ2) is 5.77. The van der Waals surface area contributed by atoms with Crippen LogP contribution in [0.2, 0.25) is 0 Å². The van der Waals surface area contributed by atoms with E-state index in [2.05, 4.69) is 5.32 Å². The Hall–Kier alpha value is -0.650. The standard InChI is InChI=1S/C14H17F2NOS/c15-11-2-1-9(7-12(11)16)14-13(3-5-18-14)17-10-4-6-19-8-10/h1-2,7,10,13-14,17H,3-6,8H2/t10-,13+,14+/m1/s1. The van der Waals surface area contributed by atoms with Gasteiger partial charge in [0.05, 0.1) is 6.10 Å². The lowest BCUT2D eigenvalue weighted by Gasteiger charge is -2.23. The number of nitrogens with one attached hydrogen (secondary N) is 1. The number of halogens is 2. The van der Waals surface area contributed by atoms with Crippen molar-refractivity contribution in [2.45, 2.75) is 31.0 Å². The van der Waals surface area contributed by atoms with Gasteiger partial charge in [0, 0.05) is 24.4 Å². The summed E-state index contributed by atoms with van der Waals surface area (Å²) in [5.74, 6) is 0.712. The Morgan fingerprint density at radius 1 is 1.21 bits per heavy atom. The fourth-order valence-corrected chi connectivity index (χ4v) is 3.91. The van der Waals surface area contributed by atoms with Gasteiger partial charge < -0.3 is 10.1 Å². The monoisotopic (exact) mass is 285 g/mol. The van der Waals surface area contributed by atoms with Crippen molar-refractivity contribution in [3.63, 3.8) is 0 Å². The van der Waals surface area contributed by atoms with Crippen LogP contribution in [0.3, 0.4) is 0 Å². The molecule has 2 aliphatic heterocycles. The number of hydrogen-bond acceptors (Lipinski definition) is 3. The summed E-state index contributed by atoms with van der Waals surface area (Å²) in [5.41, 5.74) is 0.722. The van der Waals surface area contributed by atoms with E-state index < -0.39 is 11.6 Å². The molecule has 2 aliphatic rings. The van der Waals surface area contributed by atoms with Crippen LogP contribution in [-0.2, 0) is 4.74 Å². The summed E-state index contributed by atoms with van der Waals surface area (Å²) in [6.07, 6.45) is 1.93. The van der Waals surface area contributed by atoms with Gasteiger partial charge in [-0.05, 0) is 36.3 Å². The molecule has 2 heterocycles. The highest BCUT2D eigenvalue weighted by atomic mass is 32.2. The second-order valence-corrected chi connectivity index (χ2v) is 6.24.